The maximum Gasteiger partial charge on any atom is 0.270 e. The first-order chi connectivity index (χ1) is 13.5. The summed E-state index contributed by atoms with van der Waals surface area (Å²) < 4.78 is 0. The van der Waals surface area contributed by atoms with Crippen LogP contribution in [-0.4, -0.2) is 16.0 Å². The van der Waals surface area contributed by atoms with E-state index in [0.29, 0.717) is 10.2 Å². The summed E-state index contributed by atoms with van der Waals surface area (Å²) in [5.74, 6) is -0.405. The van der Waals surface area contributed by atoms with Gasteiger partial charge >= 0.3 is 0 Å². The van der Waals surface area contributed by atoms with Crippen molar-refractivity contribution in [2.24, 2.45) is 0 Å². The van der Waals surface area contributed by atoms with Crippen molar-refractivity contribution >= 4 is 44.5 Å². The number of aromatic nitrogens is 1. The Morgan fingerprint density at radius 1 is 1.18 bits per heavy atom. The van der Waals surface area contributed by atoms with Gasteiger partial charge < -0.3 is 15.4 Å². The quantitative estimate of drug-likeness (QED) is 0.464. The molecule has 0 fully saturated rings. The van der Waals surface area contributed by atoms with E-state index in [1.807, 2.05) is 41.8 Å². The van der Waals surface area contributed by atoms with Crippen LogP contribution in [0.2, 0.25) is 0 Å². The SMILES string of the molecule is CC(=O)Nc1ccc(-c2ccc(-c3csc4[nH]c(=O)c(C#N)c(O)c34)s2)cc1. The Hall–Kier alpha value is -3.41. The lowest BCUT2D eigenvalue weighted by atomic mass is 10.1. The summed E-state index contributed by atoms with van der Waals surface area (Å²) in [5.41, 5.74) is 1.64. The van der Waals surface area contributed by atoms with Crippen molar-refractivity contribution in [1.29, 1.82) is 5.26 Å². The number of rotatable bonds is 3. The van der Waals surface area contributed by atoms with Crippen LogP contribution in [0.1, 0.15) is 12.5 Å². The molecule has 0 bridgehead atoms. The van der Waals surface area contributed by atoms with Gasteiger partial charge in [0.1, 0.15) is 16.6 Å². The molecule has 0 aliphatic rings. The van der Waals surface area contributed by atoms with Gasteiger partial charge in [-0.3, -0.25) is 9.59 Å². The van der Waals surface area contributed by atoms with E-state index in [9.17, 15) is 14.7 Å². The van der Waals surface area contributed by atoms with Crippen molar-refractivity contribution in [3.63, 3.8) is 0 Å². The normalized spacial score (nSPS) is 10.7. The highest BCUT2D eigenvalue weighted by Crippen LogP contribution is 2.43. The molecule has 0 saturated heterocycles. The predicted octanol–water partition coefficient (Wildman–Crippen LogP) is 4.52. The minimum absolute atomic E-state index is 0.120. The van der Waals surface area contributed by atoms with Gasteiger partial charge in [0.05, 0.1) is 5.39 Å². The van der Waals surface area contributed by atoms with Crippen LogP contribution in [0.3, 0.4) is 0 Å². The number of nitrogens with one attached hydrogen (secondary N) is 2. The van der Waals surface area contributed by atoms with Gasteiger partial charge in [0, 0.05) is 33.3 Å². The zero-order valence-corrected chi connectivity index (χ0v) is 16.2. The van der Waals surface area contributed by atoms with Gasteiger partial charge in [0.2, 0.25) is 5.91 Å². The first kappa shape index (κ1) is 18.0. The molecule has 1 amide bonds. The number of anilines is 1. The van der Waals surface area contributed by atoms with E-state index in [1.165, 1.54) is 29.6 Å². The topological polar surface area (TPSA) is 106 Å². The highest BCUT2D eigenvalue weighted by molar-refractivity contribution is 7.20. The van der Waals surface area contributed by atoms with E-state index in [2.05, 4.69) is 10.3 Å². The lowest BCUT2D eigenvalue weighted by Gasteiger charge is -2.03. The van der Waals surface area contributed by atoms with E-state index >= 15 is 0 Å². The summed E-state index contributed by atoms with van der Waals surface area (Å²) >= 11 is 2.85. The van der Waals surface area contributed by atoms with Crippen molar-refractivity contribution in [3.8, 4) is 32.7 Å². The van der Waals surface area contributed by atoms with Crippen molar-refractivity contribution in [2.75, 3.05) is 5.32 Å². The maximum absolute atomic E-state index is 11.9. The highest BCUT2D eigenvalue weighted by Gasteiger charge is 2.18. The third-order valence-electron chi connectivity index (χ3n) is 4.19. The second-order valence-corrected chi connectivity index (χ2v) is 8.03. The van der Waals surface area contributed by atoms with Crippen LogP contribution in [0, 0.1) is 11.3 Å². The van der Waals surface area contributed by atoms with Gasteiger partial charge in [-0.05, 0) is 29.8 Å². The molecule has 0 aliphatic carbocycles. The van der Waals surface area contributed by atoms with Crippen LogP contribution < -0.4 is 10.9 Å². The summed E-state index contributed by atoms with van der Waals surface area (Å²) in [5, 5.41) is 24.6. The van der Waals surface area contributed by atoms with E-state index in [4.69, 9.17) is 5.26 Å². The zero-order valence-electron chi connectivity index (χ0n) is 14.6. The van der Waals surface area contributed by atoms with Gasteiger partial charge in [-0.15, -0.1) is 22.7 Å². The van der Waals surface area contributed by atoms with Gasteiger partial charge in [0.25, 0.3) is 5.56 Å². The number of fused-ring (bicyclic) bond motifs is 1. The number of carbonyl (C=O) groups is 1. The van der Waals surface area contributed by atoms with Crippen LogP contribution in [0.25, 0.3) is 31.1 Å². The second kappa shape index (κ2) is 6.96. The molecule has 8 heteroatoms. The largest absolute Gasteiger partial charge is 0.506 e. The first-order valence-corrected chi connectivity index (χ1v) is 9.92. The third-order valence-corrected chi connectivity index (χ3v) is 6.25. The fourth-order valence-electron chi connectivity index (χ4n) is 2.93. The van der Waals surface area contributed by atoms with Gasteiger partial charge in [-0.2, -0.15) is 5.26 Å². The molecule has 0 aliphatic heterocycles. The van der Waals surface area contributed by atoms with Gasteiger partial charge in [-0.1, -0.05) is 12.1 Å². The Morgan fingerprint density at radius 3 is 2.57 bits per heavy atom. The minimum atomic E-state index is -0.591. The molecular weight excluding hydrogens is 394 g/mol. The number of hydrogen-bond acceptors (Lipinski definition) is 6. The average molecular weight is 407 g/mol. The van der Waals surface area contributed by atoms with Gasteiger partial charge in [0.15, 0.2) is 5.56 Å². The molecular formula is C20H13N3O3S2. The van der Waals surface area contributed by atoms with E-state index in [1.54, 1.807) is 6.07 Å². The van der Waals surface area contributed by atoms with Crippen molar-refractivity contribution in [1.82, 2.24) is 4.98 Å². The van der Waals surface area contributed by atoms with E-state index < -0.39 is 5.56 Å². The van der Waals surface area contributed by atoms with Crippen LogP contribution >= 0.6 is 22.7 Å². The number of benzene rings is 1. The molecule has 0 saturated carbocycles. The number of thiophene rings is 2. The van der Waals surface area contributed by atoms with Crippen molar-refractivity contribution in [2.45, 2.75) is 6.92 Å². The number of amides is 1. The first-order valence-electron chi connectivity index (χ1n) is 8.22. The summed E-state index contributed by atoms with van der Waals surface area (Å²) in [6, 6.07) is 13.2. The Balaban J connectivity index is 1.75. The molecule has 28 heavy (non-hydrogen) atoms. The number of H-pyrrole nitrogens is 1. The number of hydrogen-bond donors (Lipinski definition) is 3. The fraction of sp³-hybridized carbons (Fsp3) is 0.0500. The number of nitrogens with zero attached hydrogens (tertiary/aromatic N) is 1. The van der Waals surface area contributed by atoms with Crippen LogP contribution in [0.4, 0.5) is 5.69 Å². The molecule has 4 rings (SSSR count). The molecule has 0 unspecified atom stereocenters. The number of carbonyl (C=O) groups excluding carboxylic acids is 1. The van der Waals surface area contributed by atoms with Crippen LogP contribution in [0.15, 0.2) is 46.6 Å². The Bertz CT molecular complexity index is 1310. The molecule has 3 aromatic heterocycles. The fourth-order valence-corrected chi connectivity index (χ4v) is 4.99. The smallest absolute Gasteiger partial charge is 0.270 e. The molecule has 6 nitrogen and oxygen atoms in total. The zero-order chi connectivity index (χ0) is 19.8. The third kappa shape index (κ3) is 3.07. The molecule has 3 N–H and O–H groups in total. The Morgan fingerprint density at radius 2 is 1.89 bits per heavy atom. The molecule has 138 valence electrons. The number of aromatic amines is 1. The Labute approximate surface area is 167 Å². The standard InChI is InChI=1S/C20H13N3O3S2/c1-10(24)22-12-4-2-11(3-5-12)15-6-7-16(28-15)14-9-27-20-17(14)18(25)13(8-21)19(26)23-20/h2-7,9H,1H3,(H,22,24)(H2,23,25,26). The monoisotopic (exact) mass is 407 g/mol. The lowest BCUT2D eigenvalue weighted by molar-refractivity contribution is -0.114. The molecule has 3 heterocycles. The lowest BCUT2D eigenvalue weighted by Crippen LogP contribution is -2.09. The number of aromatic hydroxyl groups is 1. The second-order valence-electron chi connectivity index (χ2n) is 6.07. The highest BCUT2D eigenvalue weighted by atomic mass is 32.1. The van der Waals surface area contributed by atoms with E-state index in [0.717, 1.165) is 26.6 Å². The minimum Gasteiger partial charge on any atom is -0.506 e. The van der Waals surface area contributed by atoms with Crippen molar-refractivity contribution < 1.29 is 9.90 Å². The summed E-state index contributed by atoms with van der Waals surface area (Å²) in [6.45, 7) is 1.46. The Kier molecular flexibility index (Phi) is 4.47. The summed E-state index contributed by atoms with van der Waals surface area (Å²) in [4.78, 5) is 28.1. The molecule has 0 radical (unpaired) electrons. The van der Waals surface area contributed by atoms with Crippen LogP contribution in [0.5, 0.6) is 5.75 Å². The average Bonchev–Trinajstić information content (AvgIpc) is 3.29. The van der Waals surface area contributed by atoms with Crippen molar-refractivity contribution in [3.05, 3.63) is 57.7 Å². The van der Waals surface area contributed by atoms with E-state index in [-0.39, 0.29) is 17.2 Å². The molecule has 0 spiro atoms. The van der Waals surface area contributed by atoms with Gasteiger partial charge in [-0.25, -0.2) is 0 Å². The van der Waals surface area contributed by atoms with Crippen LogP contribution in [-0.2, 0) is 4.79 Å². The summed E-state index contributed by atoms with van der Waals surface area (Å²) in [6.07, 6.45) is 0. The molecule has 4 aromatic rings. The maximum atomic E-state index is 11.9. The molecule has 0 atom stereocenters. The number of pyridine rings is 1. The number of nitriles is 1. The summed E-state index contributed by atoms with van der Waals surface area (Å²) in [7, 11) is 0. The molecule has 1 aromatic carbocycles. The predicted molar refractivity (Wildman–Crippen MR) is 112 cm³/mol.